The first-order valence-corrected chi connectivity index (χ1v) is 6.26. The highest BCUT2D eigenvalue weighted by atomic mass is 16.4. The summed E-state index contributed by atoms with van der Waals surface area (Å²) in [6.45, 7) is 4.88. The number of carboxylic acid groups (broad SMARTS) is 1. The molecule has 3 N–H and O–H groups in total. The second-order valence-electron chi connectivity index (χ2n) is 5.13. The summed E-state index contributed by atoms with van der Waals surface area (Å²) in [5, 5.41) is 14.5. The van der Waals surface area contributed by atoms with Gasteiger partial charge in [0, 0.05) is 12.6 Å². The van der Waals surface area contributed by atoms with Gasteiger partial charge in [0.25, 0.3) is 0 Å². The van der Waals surface area contributed by atoms with E-state index in [0.29, 0.717) is 25.3 Å². The van der Waals surface area contributed by atoms with E-state index in [1.54, 1.807) is 0 Å². The fourth-order valence-corrected chi connectivity index (χ4v) is 2.05. The maximum atomic E-state index is 11.5. The molecule has 0 saturated heterocycles. The molecular formula is C12H22N2O3. The van der Waals surface area contributed by atoms with Crippen LogP contribution in [0.3, 0.4) is 0 Å². The molecule has 0 aromatic carbocycles. The summed E-state index contributed by atoms with van der Waals surface area (Å²) in [4.78, 5) is 22.2. The van der Waals surface area contributed by atoms with E-state index in [0.717, 1.165) is 12.8 Å². The second-order valence-corrected chi connectivity index (χ2v) is 5.13. The highest BCUT2D eigenvalue weighted by molar-refractivity contribution is 5.75. The molecule has 1 aliphatic carbocycles. The summed E-state index contributed by atoms with van der Waals surface area (Å²) in [6.07, 6.45) is 2.92. The summed E-state index contributed by atoms with van der Waals surface area (Å²) < 4.78 is 0. The second kappa shape index (κ2) is 6.47. The Kier molecular flexibility index (Phi) is 5.25. The van der Waals surface area contributed by atoms with Gasteiger partial charge in [-0.3, -0.25) is 4.79 Å². The van der Waals surface area contributed by atoms with E-state index in [4.69, 9.17) is 5.11 Å². The molecule has 0 aliphatic heterocycles. The SMILES string of the molecule is CC(C)CCNC(=O)NC1CCC(C(=O)O)C1. The Bertz CT molecular complexity index is 279. The third-order valence-electron chi connectivity index (χ3n) is 3.12. The molecule has 0 spiro atoms. The minimum atomic E-state index is -0.755. The van der Waals surface area contributed by atoms with Crippen molar-refractivity contribution in [3.05, 3.63) is 0 Å². The van der Waals surface area contributed by atoms with Crippen molar-refractivity contribution in [2.24, 2.45) is 11.8 Å². The Morgan fingerprint density at radius 3 is 2.59 bits per heavy atom. The van der Waals surface area contributed by atoms with Crippen molar-refractivity contribution < 1.29 is 14.7 Å². The van der Waals surface area contributed by atoms with Crippen LogP contribution in [-0.4, -0.2) is 29.7 Å². The predicted octanol–water partition coefficient (Wildman–Crippen LogP) is 1.58. The first-order valence-electron chi connectivity index (χ1n) is 6.26. The lowest BCUT2D eigenvalue weighted by molar-refractivity contribution is -0.141. The lowest BCUT2D eigenvalue weighted by Crippen LogP contribution is -2.41. The van der Waals surface area contributed by atoms with Crippen LogP contribution in [-0.2, 0) is 4.79 Å². The van der Waals surface area contributed by atoms with Crippen molar-refractivity contribution in [1.29, 1.82) is 0 Å². The average Bonchev–Trinajstić information content (AvgIpc) is 2.65. The fourth-order valence-electron chi connectivity index (χ4n) is 2.05. The highest BCUT2D eigenvalue weighted by Gasteiger charge is 2.30. The standard InChI is InChI=1S/C12H22N2O3/c1-8(2)5-6-13-12(17)14-10-4-3-9(7-10)11(15)16/h8-10H,3-7H2,1-2H3,(H,15,16)(H2,13,14,17). The molecule has 2 amide bonds. The normalized spacial score (nSPS) is 23.7. The van der Waals surface area contributed by atoms with Gasteiger partial charge in [-0.05, 0) is 31.6 Å². The number of carbonyl (C=O) groups excluding carboxylic acids is 1. The molecule has 0 bridgehead atoms. The molecule has 1 fully saturated rings. The molecular weight excluding hydrogens is 220 g/mol. The molecule has 2 unspecified atom stereocenters. The van der Waals surface area contributed by atoms with Gasteiger partial charge >= 0.3 is 12.0 Å². The van der Waals surface area contributed by atoms with E-state index in [9.17, 15) is 9.59 Å². The number of hydrogen-bond donors (Lipinski definition) is 3. The van der Waals surface area contributed by atoms with Crippen LogP contribution in [0.15, 0.2) is 0 Å². The Balaban J connectivity index is 2.17. The predicted molar refractivity (Wildman–Crippen MR) is 64.8 cm³/mol. The van der Waals surface area contributed by atoms with Crippen LogP contribution < -0.4 is 10.6 Å². The van der Waals surface area contributed by atoms with Crippen molar-refractivity contribution in [2.45, 2.75) is 45.6 Å². The molecule has 98 valence electrons. The molecule has 1 rings (SSSR count). The van der Waals surface area contributed by atoms with Gasteiger partial charge in [0.1, 0.15) is 0 Å². The summed E-state index contributed by atoms with van der Waals surface area (Å²) >= 11 is 0. The zero-order chi connectivity index (χ0) is 12.8. The number of carbonyl (C=O) groups is 2. The Labute approximate surface area is 102 Å². The fraction of sp³-hybridized carbons (Fsp3) is 0.833. The van der Waals surface area contributed by atoms with Crippen molar-refractivity contribution in [3.63, 3.8) is 0 Å². The Hall–Kier alpha value is -1.26. The van der Waals surface area contributed by atoms with Crippen molar-refractivity contribution in [3.8, 4) is 0 Å². The smallest absolute Gasteiger partial charge is 0.315 e. The number of nitrogens with one attached hydrogen (secondary N) is 2. The number of hydrogen-bond acceptors (Lipinski definition) is 2. The van der Waals surface area contributed by atoms with Crippen LogP contribution in [0.4, 0.5) is 4.79 Å². The first kappa shape index (κ1) is 13.8. The third-order valence-corrected chi connectivity index (χ3v) is 3.12. The van der Waals surface area contributed by atoms with Crippen LogP contribution in [0, 0.1) is 11.8 Å². The van der Waals surface area contributed by atoms with Gasteiger partial charge in [-0.1, -0.05) is 13.8 Å². The van der Waals surface area contributed by atoms with Gasteiger partial charge in [-0.25, -0.2) is 4.79 Å². The number of urea groups is 1. The van der Waals surface area contributed by atoms with E-state index < -0.39 is 5.97 Å². The monoisotopic (exact) mass is 242 g/mol. The molecule has 5 nitrogen and oxygen atoms in total. The Morgan fingerprint density at radius 2 is 2.06 bits per heavy atom. The average molecular weight is 242 g/mol. The summed E-state index contributed by atoms with van der Waals surface area (Å²) in [5.74, 6) is -0.483. The molecule has 0 aromatic rings. The minimum absolute atomic E-state index is 0.00940. The zero-order valence-electron chi connectivity index (χ0n) is 10.5. The van der Waals surface area contributed by atoms with Crippen LogP contribution in [0.25, 0.3) is 0 Å². The topological polar surface area (TPSA) is 78.4 Å². The highest BCUT2D eigenvalue weighted by Crippen LogP contribution is 2.25. The van der Waals surface area contributed by atoms with Crippen LogP contribution in [0.2, 0.25) is 0 Å². The molecule has 17 heavy (non-hydrogen) atoms. The molecule has 0 heterocycles. The number of amides is 2. The minimum Gasteiger partial charge on any atom is -0.481 e. The van der Waals surface area contributed by atoms with Crippen molar-refractivity contribution in [2.75, 3.05) is 6.54 Å². The van der Waals surface area contributed by atoms with Gasteiger partial charge in [-0.2, -0.15) is 0 Å². The largest absolute Gasteiger partial charge is 0.481 e. The van der Waals surface area contributed by atoms with E-state index >= 15 is 0 Å². The van der Waals surface area contributed by atoms with Crippen molar-refractivity contribution in [1.82, 2.24) is 10.6 Å². The number of aliphatic carboxylic acids is 1. The zero-order valence-corrected chi connectivity index (χ0v) is 10.5. The quantitative estimate of drug-likeness (QED) is 0.685. The van der Waals surface area contributed by atoms with Gasteiger partial charge in [0.05, 0.1) is 5.92 Å². The molecule has 1 saturated carbocycles. The van der Waals surface area contributed by atoms with Crippen LogP contribution in [0.5, 0.6) is 0 Å². The van der Waals surface area contributed by atoms with Gasteiger partial charge in [0.2, 0.25) is 0 Å². The maximum absolute atomic E-state index is 11.5. The van der Waals surface area contributed by atoms with Gasteiger partial charge < -0.3 is 15.7 Å². The van der Waals surface area contributed by atoms with Crippen LogP contribution in [0.1, 0.15) is 39.5 Å². The summed E-state index contributed by atoms with van der Waals surface area (Å²) in [5.41, 5.74) is 0. The first-order chi connectivity index (χ1) is 7.99. The lowest BCUT2D eigenvalue weighted by Gasteiger charge is -2.13. The number of carboxylic acids is 1. The van der Waals surface area contributed by atoms with Gasteiger partial charge in [-0.15, -0.1) is 0 Å². The molecule has 2 atom stereocenters. The van der Waals surface area contributed by atoms with Crippen LogP contribution >= 0.6 is 0 Å². The summed E-state index contributed by atoms with van der Waals surface area (Å²) in [6, 6.07) is -0.170. The van der Waals surface area contributed by atoms with E-state index in [-0.39, 0.29) is 18.0 Å². The molecule has 5 heteroatoms. The number of rotatable bonds is 5. The Morgan fingerprint density at radius 1 is 1.35 bits per heavy atom. The van der Waals surface area contributed by atoms with E-state index in [1.807, 2.05) is 0 Å². The van der Waals surface area contributed by atoms with Crippen molar-refractivity contribution >= 4 is 12.0 Å². The third kappa shape index (κ3) is 5.06. The molecule has 0 radical (unpaired) electrons. The van der Waals surface area contributed by atoms with Gasteiger partial charge in [0.15, 0.2) is 0 Å². The molecule has 0 aromatic heterocycles. The lowest BCUT2D eigenvalue weighted by atomic mass is 10.1. The van der Waals surface area contributed by atoms with E-state index in [2.05, 4.69) is 24.5 Å². The summed E-state index contributed by atoms with van der Waals surface area (Å²) in [7, 11) is 0. The molecule has 1 aliphatic rings. The van der Waals surface area contributed by atoms with E-state index in [1.165, 1.54) is 0 Å². The maximum Gasteiger partial charge on any atom is 0.315 e.